The van der Waals surface area contributed by atoms with Gasteiger partial charge in [0, 0.05) is 11.6 Å². The van der Waals surface area contributed by atoms with Gasteiger partial charge in [0.05, 0.1) is 0 Å². The molecule has 2 atom stereocenters. The molecular weight excluding hydrogens is 268 g/mol. The van der Waals surface area contributed by atoms with Crippen LogP contribution in [0, 0.1) is 11.8 Å². The SMILES string of the molecule is CC(C)C1CCCCC1NC(=O)N(CC(=O)O)C(C)(C)C. The molecule has 0 saturated heterocycles. The zero-order valence-electron chi connectivity index (χ0n) is 14.0. The Labute approximate surface area is 128 Å². The van der Waals surface area contributed by atoms with Crippen LogP contribution >= 0.6 is 0 Å². The van der Waals surface area contributed by atoms with Gasteiger partial charge < -0.3 is 15.3 Å². The van der Waals surface area contributed by atoms with Gasteiger partial charge in [-0.1, -0.05) is 26.7 Å². The van der Waals surface area contributed by atoms with E-state index in [0.717, 1.165) is 19.3 Å². The summed E-state index contributed by atoms with van der Waals surface area (Å²) in [5.74, 6) is 0.0247. The summed E-state index contributed by atoms with van der Waals surface area (Å²) in [5, 5.41) is 12.1. The first-order valence-electron chi connectivity index (χ1n) is 7.93. The maximum atomic E-state index is 12.5. The monoisotopic (exact) mass is 298 g/mol. The van der Waals surface area contributed by atoms with Gasteiger partial charge in [-0.2, -0.15) is 0 Å². The molecule has 0 aromatic heterocycles. The van der Waals surface area contributed by atoms with Crippen LogP contribution in [-0.4, -0.2) is 40.1 Å². The number of hydrogen-bond donors (Lipinski definition) is 2. The molecular formula is C16H30N2O3. The molecule has 2 amide bonds. The summed E-state index contributed by atoms with van der Waals surface area (Å²) >= 11 is 0. The van der Waals surface area contributed by atoms with Crippen molar-refractivity contribution in [1.29, 1.82) is 0 Å². The Morgan fingerprint density at radius 1 is 1.24 bits per heavy atom. The Morgan fingerprint density at radius 3 is 2.29 bits per heavy atom. The number of aliphatic carboxylic acids is 1. The second-order valence-corrected chi connectivity index (χ2v) is 7.40. The average Bonchev–Trinajstić information content (AvgIpc) is 2.34. The van der Waals surface area contributed by atoms with E-state index in [2.05, 4.69) is 19.2 Å². The minimum atomic E-state index is -0.982. The molecule has 1 saturated carbocycles. The summed E-state index contributed by atoms with van der Waals surface area (Å²) in [4.78, 5) is 24.9. The molecule has 0 spiro atoms. The first-order chi connectivity index (χ1) is 9.62. The van der Waals surface area contributed by atoms with Gasteiger partial charge in [0.1, 0.15) is 6.54 Å². The highest BCUT2D eigenvalue weighted by molar-refractivity contribution is 5.81. The first-order valence-corrected chi connectivity index (χ1v) is 7.93. The van der Waals surface area contributed by atoms with Gasteiger partial charge in [0.2, 0.25) is 0 Å². The number of carbonyl (C=O) groups excluding carboxylic acids is 1. The molecule has 0 radical (unpaired) electrons. The van der Waals surface area contributed by atoms with E-state index in [-0.39, 0.29) is 18.6 Å². The molecule has 0 aliphatic heterocycles. The molecule has 5 nitrogen and oxygen atoms in total. The van der Waals surface area contributed by atoms with Gasteiger partial charge in [-0.05, 0) is 45.4 Å². The topological polar surface area (TPSA) is 69.6 Å². The Kier molecular flexibility index (Phi) is 6.05. The number of hydrogen-bond acceptors (Lipinski definition) is 2. The number of carboxylic acid groups (broad SMARTS) is 1. The molecule has 0 aromatic carbocycles. The molecule has 0 bridgehead atoms. The number of urea groups is 1. The van der Waals surface area contributed by atoms with Crippen LogP contribution in [0.4, 0.5) is 4.79 Å². The number of rotatable bonds is 4. The Hall–Kier alpha value is -1.26. The van der Waals surface area contributed by atoms with Crippen LogP contribution < -0.4 is 5.32 Å². The summed E-state index contributed by atoms with van der Waals surface area (Å²) in [5.41, 5.74) is -0.509. The molecule has 122 valence electrons. The number of carboxylic acids is 1. The summed E-state index contributed by atoms with van der Waals surface area (Å²) in [6.45, 7) is 9.68. The van der Waals surface area contributed by atoms with Crippen LogP contribution in [0.3, 0.4) is 0 Å². The third-order valence-electron chi connectivity index (χ3n) is 4.33. The summed E-state index contributed by atoms with van der Waals surface area (Å²) in [7, 11) is 0. The largest absolute Gasteiger partial charge is 0.480 e. The third kappa shape index (κ3) is 5.21. The van der Waals surface area contributed by atoms with E-state index < -0.39 is 11.5 Å². The van der Waals surface area contributed by atoms with Crippen molar-refractivity contribution in [2.75, 3.05) is 6.54 Å². The minimum Gasteiger partial charge on any atom is -0.480 e. The molecule has 2 N–H and O–H groups in total. The number of nitrogens with zero attached hydrogens (tertiary/aromatic N) is 1. The Morgan fingerprint density at radius 2 is 1.81 bits per heavy atom. The maximum Gasteiger partial charge on any atom is 0.323 e. The standard InChI is InChI=1S/C16H30N2O3/c1-11(2)12-8-6-7-9-13(12)17-15(21)18(10-14(19)20)16(3,4)5/h11-13H,6-10H2,1-5H3,(H,17,21)(H,19,20). The van der Waals surface area contributed by atoms with Crippen molar-refractivity contribution in [3.8, 4) is 0 Å². The highest BCUT2D eigenvalue weighted by Gasteiger charge is 2.33. The molecule has 1 aliphatic rings. The van der Waals surface area contributed by atoms with Crippen LogP contribution in [0.25, 0.3) is 0 Å². The molecule has 21 heavy (non-hydrogen) atoms. The molecule has 0 heterocycles. The highest BCUT2D eigenvalue weighted by Crippen LogP contribution is 2.30. The molecule has 1 fully saturated rings. The van der Waals surface area contributed by atoms with Crippen LogP contribution in [0.15, 0.2) is 0 Å². The molecule has 2 unspecified atom stereocenters. The molecule has 1 rings (SSSR count). The molecule has 5 heteroatoms. The lowest BCUT2D eigenvalue weighted by Crippen LogP contribution is -2.56. The van der Waals surface area contributed by atoms with Crippen molar-refractivity contribution in [1.82, 2.24) is 10.2 Å². The van der Waals surface area contributed by atoms with Crippen molar-refractivity contribution < 1.29 is 14.7 Å². The van der Waals surface area contributed by atoms with Gasteiger partial charge in [0.15, 0.2) is 0 Å². The van der Waals surface area contributed by atoms with Crippen LogP contribution in [0.2, 0.25) is 0 Å². The zero-order valence-corrected chi connectivity index (χ0v) is 14.0. The van der Waals surface area contributed by atoms with E-state index >= 15 is 0 Å². The average molecular weight is 298 g/mol. The van der Waals surface area contributed by atoms with E-state index in [0.29, 0.717) is 11.8 Å². The fourth-order valence-electron chi connectivity index (χ4n) is 3.12. The summed E-state index contributed by atoms with van der Waals surface area (Å²) in [6.07, 6.45) is 4.46. The van der Waals surface area contributed by atoms with E-state index in [1.807, 2.05) is 20.8 Å². The molecule has 1 aliphatic carbocycles. The van der Waals surface area contributed by atoms with Crippen molar-refractivity contribution in [3.05, 3.63) is 0 Å². The van der Waals surface area contributed by atoms with Crippen molar-refractivity contribution in [3.63, 3.8) is 0 Å². The van der Waals surface area contributed by atoms with Gasteiger partial charge in [-0.15, -0.1) is 0 Å². The van der Waals surface area contributed by atoms with Gasteiger partial charge in [-0.3, -0.25) is 4.79 Å². The lowest BCUT2D eigenvalue weighted by atomic mass is 9.78. The van der Waals surface area contributed by atoms with Crippen LogP contribution in [0.5, 0.6) is 0 Å². The second-order valence-electron chi connectivity index (χ2n) is 7.40. The number of amides is 2. The van der Waals surface area contributed by atoms with Crippen molar-refractivity contribution in [2.24, 2.45) is 11.8 Å². The Balaban J connectivity index is 2.77. The molecule has 0 aromatic rings. The van der Waals surface area contributed by atoms with Crippen molar-refractivity contribution in [2.45, 2.75) is 71.9 Å². The lowest BCUT2D eigenvalue weighted by Gasteiger charge is -2.39. The van der Waals surface area contributed by atoms with Crippen LogP contribution in [-0.2, 0) is 4.79 Å². The normalized spacial score (nSPS) is 23.0. The third-order valence-corrected chi connectivity index (χ3v) is 4.33. The van der Waals surface area contributed by atoms with E-state index in [1.165, 1.54) is 11.3 Å². The minimum absolute atomic E-state index is 0.157. The highest BCUT2D eigenvalue weighted by atomic mass is 16.4. The van der Waals surface area contributed by atoms with E-state index in [9.17, 15) is 9.59 Å². The number of nitrogens with one attached hydrogen (secondary N) is 1. The predicted octanol–water partition coefficient (Wildman–Crippen LogP) is 3.10. The quantitative estimate of drug-likeness (QED) is 0.838. The maximum absolute atomic E-state index is 12.5. The van der Waals surface area contributed by atoms with Crippen molar-refractivity contribution >= 4 is 12.0 Å². The van der Waals surface area contributed by atoms with Gasteiger partial charge in [-0.25, -0.2) is 4.79 Å². The predicted molar refractivity (Wildman–Crippen MR) is 83.2 cm³/mol. The van der Waals surface area contributed by atoms with Gasteiger partial charge in [0.25, 0.3) is 0 Å². The van der Waals surface area contributed by atoms with Gasteiger partial charge >= 0.3 is 12.0 Å². The zero-order chi connectivity index (χ0) is 16.2. The Bertz CT molecular complexity index is 374. The second kappa shape index (κ2) is 7.14. The summed E-state index contributed by atoms with van der Waals surface area (Å²) in [6, 6.07) is -0.104. The first kappa shape index (κ1) is 17.8. The van der Waals surface area contributed by atoms with Crippen LogP contribution in [0.1, 0.15) is 60.3 Å². The number of carbonyl (C=O) groups is 2. The lowest BCUT2D eigenvalue weighted by molar-refractivity contribution is -0.138. The fourth-order valence-corrected chi connectivity index (χ4v) is 3.12. The smallest absolute Gasteiger partial charge is 0.323 e. The summed E-state index contributed by atoms with van der Waals surface area (Å²) < 4.78 is 0. The fraction of sp³-hybridized carbons (Fsp3) is 0.875. The van der Waals surface area contributed by atoms with E-state index in [4.69, 9.17) is 5.11 Å². The van der Waals surface area contributed by atoms with E-state index in [1.54, 1.807) is 0 Å².